The molecule has 2 amide bonds. The van der Waals surface area contributed by atoms with E-state index in [9.17, 15) is 18.4 Å². The summed E-state index contributed by atoms with van der Waals surface area (Å²) in [5.74, 6) is -0.859. The third-order valence-electron chi connectivity index (χ3n) is 4.82. The van der Waals surface area contributed by atoms with Crippen LogP contribution in [-0.2, 0) is 4.79 Å². The minimum absolute atomic E-state index is 0. The number of amides is 2. The monoisotopic (exact) mass is 403 g/mol. The zero-order valence-corrected chi connectivity index (χ0v) is 15.6. The molecule has 27 heavy (non-hydrogen) atoms. The van der Waals surface area contributed by atoms with Crippen LogP contribution >= 0.6 is 12.4 Å². The lowest BCUT2D eigenvalue weighted by atomic mass is 9.96. The second-order valence-corrected chi connectivity index (χ2v) is 6.66. The number of alkyl halides is 2. The van der Waals surface area contributed by atoms with E-state index in [1.165, 1.54) is 18.2 Å². The first kappa shape index (κ1) is 21.4. The number of halogens is 3. The normalized spacial score (nSPS) is 22.3. The van der Waals surface area contributed by atoms with Crippen molar-refractivity contribution in [3.8, 4) is 5.75 Å². The molecule has 0 bridgehead atoms. The minimum Gasteiger partial charge on any atom is -0.434 e. The van der Waals surface area contributed by atoms with Gasteiger partial charge in [-0.1, -0.05) is 12.1 Å². The molecule has 2 unspecified atom stereocenters. The third kappa shape index (κ3) is 5.52. The largest absolute Gasteiger partial charge is 0.434 e. The summed E-state index contributed by atoms with van der Waals surface area (Å²) in [6, 6.07) is 6.09. The van der Waals surface area contributed by atoms with Crippen LogP contribution in [0.5, 0.6) is 5.75 Å². The van der Waals surface area contributed by atoms with Gasteiger partial charge in [-0.05, 0) is 37.9 Å². The van der Waals surface area contributed by atoms with Crippen molar-refractivity contribution in [1.82, 2.24) is 15.5 Å². The van der Waals surface area contributed by atoms with Crippen molar-refractivity contribution in [2.75, 3.05) is 26.2 Å². The van der Waals surface area contributed by atoms with Gasteiger partial charge < -0.3 is 20.3 Å². The van der Waals surface area contributed by atoms with Crippen molar-refractivity contribution < 1.29 is 23.1 Å². The molecule has 1 aromatic carbocycles. The van der Waals surface area contributed by atoms with Gasteiger partial charge in [-0.3, -0.25) is 9.59 Å². The zero-order valence-electron chi connectivity index (χ0n) is 14.8. The highest BCUT2D eigenvalue weighted by Gasteiger charge is 2.31. The number of carbonyl (C=O) groups excluding carboxylic acids is 2. The van der Waals surface area contributed by atoms with Gasteiger partial charge in [-0.15, -0.1) is 12.4 Å². The number of piperidine rings is 1. The number of nitrogens with zero attached hydrogens (tertiary/aromatic N) is 1. The van der Waals surface area contributed by atoms with Gasteiger partial charge >= 0.3 is 6.61 Å². The maximum absolute atomic E-state index is 12.8. The summed E-state index contributed by atoms with van der Waals surface area (Å²) in [4.78, 5) is 26.8. The number of benzene rings is 1. The highest BCUT2D eigenvalue weighted by atomic mass is 35.5. The van der Waals surface area contributed by atoms with Crippen molar-refractivity contribution in [1.29, 1.82) is 0 Å². The van der Waals surface area contributed by atoms with Crippen LogP contribution in [0.3, 0.4) is 0 Å². The van der Waals surface area contributed by atoms with Crippen molar-refractivity contribution >= 4 is 24.2 Å². The summed E-state index contributed by atoms with van der Waals surface area (Å²) in [6.07, 6.45) is 2.31. The fourth-order valence-corrected chi connectivity index (χ4v) is 3.48. The Labute approximate surface area is 163 Å². The second-order valence-electron chi connectivity index (χ2n) is 6.66. The number of nitrogens with one attached hydrogen (secondary N) is 2. The molecule has 6 nitrogen and oxygen atoms in total. The van der Waals surface area contributed by atoms with Gasteiger partial charge in [0.25, 0.3) is 5.91 Å². The standard InChI is InChI=1S/C18H23F2N3O3.ClH/c19-18(20)26-15-6-2-1-5-14(15)17(25)23-9-3-4-12(11-23)16(24)22-13-7-8-21-10-13;/h1-2,5-6,12-13,18,21H,3-4,7-11H2,(H,22,24);1H. The average molecular weight is 404 g/mol. The molecule has 9 heteroatoms. The smallest absolute Gasteiger partial charge is 0.387 e. The number of carbonyl (C=O) groups is 2. The summed E-state index contributed by atoms with van der Waals surface area (Å²) in [6.45, 7) is -0.561. The lowest BCUT2D eigenvalue weighted by molar-refractivity contribution is -0.126. The Morgan fingerprint density at radius 2 is 2.04 bits per heavy atom. The third-order valence-corrected chi connectivity index (χ3v) is 4.82. The summed E-state index contributed by atoms with van der Waals surface area (Å²) in [5.41, 5.74) is 0.0915. The maximum Gasteiger partial charge on any atom is 0.387 e. The molecule has 2 aliphatic rings. The molecule has 2 aliphatic heterocycles. The van der Waals surface area contributed by atoms with E-state index in [4.69, 9.17) is 0 Å². The summed E-state index contributed by atoms with van der Waals surface area (Å²) < 4.78 is 29.6. The van der Waals surface area contributed by atoms with E-state index in [-0.39, 0.29) is 54.0 Å². The van der Waals surface area contributed by atoms with Crippen LogP contribution in [0.4, 0.5) is 8.78 Å². The van der Waals surface area contributed by atoms with Gasteiger partial charge in [0.15, 0.2) is 0 Å². The molecule has 150 valence electrons. The van der Waals surface area contributed by atoms with Gasteiger partial charge in [0, 0.05) is 25.7 Å². The molecule has 1 aromatic rings. The van der Waals surface area contributed by atoms with Crippen molar-refractivity contribution in [2.24, 2.45) is 5.92 Å². The Morgan fingerprint density at radius 1 is 1.26 bits per heavy atom. The summed E-state index contributed by atoms with van der Waals surface area (Å²) >= 11 is 0. The predicted octanol–water partition coefficient (Wildman–Crippen LogP) is 2.04. The van der Waals surface area contributed by atoms with E-state index in [1.807, 2.05) is 0 Å². The van der Waals surface area contributed by atoms with Gasteiger partial charge in [0.05, 0.1) is 11.5 Å². The van der Waals surface area contributed by atoms with Crippen LogP contribution < -0.4 is 15.4 Å². The molecule has 2 saturated heterocycles. The molecule has 0 saturated carbocycles. The molecule has 0 aromatic heterocycles. The molecule has 2 atom stereocenters. The van der Waals surface area contributed by atoms with Crippen molar-refractivity contribution in [2.45, 2.75) is 31.9 Å². The first-order valence-corrected chi connectivity index (χ1v) is 8.89. The number of ether oxygens (including phenoxy) is 1. The van der Waals surface area contributed by atoms with E-state index in [0.29, 0.717) is 19.4 Å². The lowest BCUT2D eigenvalue weighted by Crippen LogP contribution is -2.48. The fraction of sp³-hybridized carbons (Fsp3) is 0.556. The van der Waals surface area contributed by atoms with Crippen molar-refractivity contribution in [3.05, 3.63) is 29.8 Å². The molecule has 0 radical (unpaired) electrons. The first-order valence-electron chi connectivity index (χ1n) is 8.89. The fourth-order valence-electron chi connectivity index (χ4n) is 3.48. The van der Waals surface area contributed by atoms with Crippen LogP contribution in [-0.4, -0.2) is 55.5 Å². The molecular formula is C18H24ClF2N3O3. The Bertz CT molecular complexity index is 656. The Kier molecular flexibility index (Phi) is 7.79. The van der Waals surface area contributed by atoms with Crippen LogP contribution in [0.15, 0.2) is 24.3 Å². The Hall–Kier alpha value is -1.93. The number of hydrogen-bond acceptors (Lipinski definition) is 4. The molecule has 2 fully saturated rings. The van der Waals surface area contributed by atoms with Crippen LogP contribution in [0.25, 0.3) is 0 Å². The zero-order chi connectivity index (χ0) is 18.5. The van der Waals surface area contributed by atoms with Gasteiger partial charge in [0.2, 0.25) is 5.91 Å². The minimum atomic E-state index is -3.00. The first-order chi connectivity index (χ1) is 12.5. The molecule has 2 heterocycles. The number of hydrogen-bond donors (Lipinski definition) is 2. The van der Waals surface area contributed by atoms with E-state index >= 15 is 0 Å². The van der Waals surface area contributed by atoms with E-state index in [1.54, 1.807) is 11.0 Å². The lowest BCUT2D eigenvalue weighted by Gasteiger charge is -2.33. The molecule has 0 aliphatic carbocycles. The number of para-hydroxylation sites is 1. The SMILES string of the molecule is Cl.O=C(NC1CCNC1)C1CCCN(C(=O)c2ccccc2OC(F)F)C1. The number of likely N-dealkylation sites (tertiary alicyclic amines) is 1. The number of rotatable bonds is 5. The van der Waals surface area contributed by atoms with Gasteiger partial charge in [0.1, 0.15) is 5.75 Å². The second kappa shape index (κ2) is 9.85. The summed E-state index contributed by atoms with van der Waals surface area (Å²) in [7, 11) is 0. The molecule has 0 spiro atoms. The van der Waals surface area contributed by atoms with Gasteiger partial charge in [-0.2, -0.15) is 8.78 Å². The Morgan fingerprint density at radius 3 is 2.74 bits per heavy atom. The highest BCUT2D eigenvalue weighted by molar-refractivity contribution is 5.97. The predicted molar refractivity (Wildman–Crippen MR) is 98.4 cm³/mol. The topological polar surface area (TPSA) is 70.7 Å². The van der Waals surface area contributed by atoms with E-state index in [0.717, 1.165) is 19.5 Å². The van der Waals surface area contributed by atoms with Crippen LogP contribution in [0.1, 0.15) is 29.6 Å². The maximum atomic E-state index is 12.8. The van der Waals surface area contributed by atoms with E-state index < -0.39 is 6.61 Å². The molecule has 3 rings (SSSR count). The van der Waals surface area contributed by atoms with Crippen molar-refractivity contribution in [3.63, 3.8) is 0 Å². The van der Waals surface area contributed by atoms with Crippen LogP contribution in [0, 0.1) is 5.92 Å². The van der Waals surface area contributed by atoms with E-state index in [2.05, 4.69) is 15.4 Å². The highest BCUT2D eigenvalue weighted by Crippen LogP contribution is 2.25. The Balaban J connectivity index is 0.00000261. The van der Waals surface area contributed by atoms with Crippen LogP contribution in [0.2, 0.25) is 0 Å². The average Bonchev–Trinajstić information content (AvgIpc) is 3.14. The summed E-state index contributed by atoms with van der Waals surface area (Å²) in [5, 5.41) is 6.22. The van der Waals surface area contributed by atoms with Gasteiger partial charge in [-0.25, -0.2) is 0 Å². The molecular weight excluding hydrogens is 380 g/mol. The quantitative estimate of drug-likeness (QED) is 0.789. The molecule has 2 N–H and O–H groups in total.